The fourth-order valence-electron chi connectivity index (χ4n) is 2.95. The second-order valence-electron chi connectivity index (χ2n) is 5.02. The number of carbonyl (C=O) groups is 1. The van der Waals surface area contributed by atoms with Crippen LogP contribution in [0, 0.1) is 11.3 Å². The molecular formula is C11H17ClO3. The molecule has 0 heterocycles. The van der Waals surface area contributed by atoms with Crippen LogP contribution in [0.1, 0.15) is 39.5 Å². The van der Waals surface area contributed by atoms with Crippen molar-refractivity contribution in [3.63, 3.8) is 0 Å². The van der Waals surface area contributed by atoms with Crippen molar-refractivity contribution in [1.82, 2.24) is 0 Å². The number of hydrogen-bond donors (Lipinski definition) is 0. The van der Waals surface area contributed by atoms with Crippen LogP contribution < -0.4 is 0 Å². The molecule has 1 unspecified atom stereocenters. The Morgan fingerprint density at radius 2 is 2.33 bits per heavy atom. The van der Waals surface area contributed by atoms with Crippen LogP contribution in [0.5, 0.6) is 0 Å². The summed E-state index contributed by atoms with van der Waals surface area (Å²) in [6.45, 7) is 3.80. The summed E-state index contributed by atoms with van der Waals surface area (Å²) in [7, 11) is 0. The Morgan fingerprint density at radius 1 is 1.60 bits per heavy atom. The lowest BCUT2D eigenvalue weighted by molar-refractivity contribution is -0.0236. The van der Waals surface area contributed by atoms with E-state index in [2.05, 4.69) is 6.92 Å². The van der Waals surface area contributed by atoms with Gasteiger partial charge < -0.3 is 9.47 Å². The highest BCUT2D eigenvalue weighted by molar-refractivity contribution is 6.19. The van der Waals surface area contributed by atoms with Gasteiger partial charge in [-0.2, -0.15) is 0 Å². The summed E-state index contributed by atoms with van der Waals surface area (Å²) in [6.07, 6.45) is 4.00. The molecule has 2 aliphatic rings. The van der Waals surface area contributed by atoms with E-state index in [0.29, 0.717) is 0 Å². The highest BCUT2D eigenvalue weighted by Crippen LogP contribution is 2.55. The van der Waals surface area contributed by atoms with Crippen LogP contribution in [0.3, 0.4) is 0 Å². The number of alkyl halides is 1. The molecule has 0 aromatic carbocycles. The highest BCUT2D eigenvalue weighted by Gasteiger charge is 2.51. The Kier molecular flexibility index (Phi) is 2.84. The lowest BCUT2D eigenvalue weighted by Gasteiger charge is -2.30. The Bertz CT molecular complexity index is 267. The lowest BCUT2D eigenvalue weighted by atomic mass is 9.84. The standard InChI is InChI=1S/C11H17ClO3/c1-7(12)14-10(13)15-9-5-8-3-4-11(9,2)6-8/h7-9H,3-6H2,1-2H3/t7?,8-,9+,11-/m0/s1. The maximum absolute atomic E-state index is 11.3. The average molecular weight is 233 g/mol. The number of ether oxygens (including phenoxy) is 2. The molecule has 4 atom stereocenters. The van der Waals surface area contributed by atoms with E-state index in [1.807, 2.05) is 0 Å². The van der Waals surface area contributed by atoms with Crippen molar-refractivity contribution in [2.45, 2.75) is 51.2 Å². The van der Waals surface area contributed by atoms with Gasteiger partial charge in [0.15, 0.2) is 5.56 Å². The van der Waals surface area contributed by atoms with Gasteiger partial charge in [0.2, 0.25) is 0 Å². The van der Waals surface area contributed by atoms with Gasteiger partial charge in [0, 0.05) is 5.41 Å². The first-order valence-electron chi connectivity index (χ1n) is 5.51. The van der Waals surface area contributed by atoms with Crippen LogP contribution in [0.25, 0.3) is 0 Å². The third kappa shape index (κ3) is 2.22. The van der Waals surface area contributed by atoms with Crippen molar-refractivity contribution in [1.29, 1.82) is 0 Å². The second-order valence-corrected chi connectivity index (χ2v) is 5.63. The zero-order valence-electron chi connectivity index (χ0n) is 9.16. The molecule has 2 rings (SSSR count). The Labute approximate surface area is 95.1 Å². The Balaban J connectivity index is 1.88. The number of rotatable bonds is 2. The minimum atomic E-state index is -0.628. The predicted molar refractivity (Wildman–Crippen MR) is 56.7 cm³/mol. The molecule has 15 heavy (non-hydrogen) atoms. The van der Waals surface area contributed by atoms with E-state index in [9.17, 15) is 4.79 Å². The zero-order chi connectivity index (χ0) is 11.1. The SMILES string of the molecule is CC(Cl)OC(=O)O[C@@H]1C[C@@H]2CC[C@@]1(C)C2. The zero-order valence-corrected chi connectivity index (χ0v) is 9.92. The van der Waals surface area contributed by atoms with Gasteiger partial charge in [-0.25, -0.2) is 4.79 Å². The van der Waals surface area contributed by atoms with Crippen LogP contribution in [-0.2, 0) is 9.47 Å². The van der Waals surface area contributed by atoms with Gasteiger partial charge in [0.25, 0.3) is 0 Å². The Hall–Kier alpha value is -0.440. The number of carbonyl (C=O) groups excluding carboxylic acids is 1. The quantitative estimate of drug-likeness (QED) is 0.541. The molecule has 0 spiro atoms. The summed E-state index contributed by atoms with van der Waals surface area (Å²) in [5, 5.41) is 0. The average Bonchev–Trinajstić information content (AvgIpc) is 2.58. The Morgan fingerprint density at radius 3 is 2.80 bits per heavy atom. The monoisotopic (exact) mass is 232 g/mol. The minimum Gasteiger partial charge on any atom is -0.430 e. The van der Waals surface area contributed by atoms with Crippen LogP contribution in [0.2, 0.25) is 0 Å². The maximum Gasteiger partial charge on any atom is 0.510 e. The van der Waals surface area contributed by atoms with Crippen molar-refractivity contribution in [3.8, 4) is 0 Å². The van der Waals surface area contributed by atoms with E-state index in [-0.39, 0.29) is 11.5 Å². The molecule has 0 aliphatic heterocycles. The molecule has 3 nitrogen and oxygen atoms in total. The number of hydrogen-bond acceptors (Lipinski definition) is 3. The summed E-state index contributed by atoms with van der Waals surface area (Å²) in [5.74, 6) is 0.737. The highest BCUT2D eigenvalue weighted by atomic mass is 35.5. The smallest absolute Gasteiger partial charge is 0.430 e. The van der Waals surface area contributed by atoms with Gasteiger partial charge in [-0.15, -0.1) is 0 Å². The summed E-state index contributed by atoms with van der Waals surface area (Å²) >= 11 is 5.55. The van der Waals surface area contributed by atoms with E-state index >= 15 is 0 Å². The fourth-order valence-corrected chi connectivity index (χ4v) is 3.02. The predicted octanol–water partition coefficient (Wildman–Crippen LogP) is 3.30. The molecule has 4 heteroatoms. The van der Waals surface area contributed by atoms with Gasteiger partial charge >= 0.3 is 6.16 Å². The molecule has 0 saturated heterocycles. The molecule has 86 valence electrons. The normalized spacial score (nSPS) is 40.2. The molecule has 0 N–H and O–H groups in total. The summed E-state index contributed by atoms with van der Waals surface area (Å²) in [6, 6.07) is 0. The lowest BCUT2D eigenvalue weighted by Crippen LogP contribution is -2.32. The van der Waals surface area contributed by atoms with E-state index in [1.54, 1.807) is 6.92 Å². The molecule has 2 saturated carbocycles. The first-order valence-corrected chi connectivity index (χ1v) is 5.94. The van der Waals surface area contributed by atoms with Crippen LogP contribution in [-0.4, -0.2) is 17.8 Å². The van der Waals surface area contributed by atoms with Crippen molar-refractivity contribution < 1.29 is 14.3 Å². The molecule has 0 amide bonds. The van der Waals surface area contributed by atoms with Crippen molar-refractivity contribution in [2.75, 3.05) is 0 Å². The van der Waals surface area contributed by atoms with E-state index in [0.717, 1.165) is 18.8 Å². The third-order valence-electron chi connectivity index (χ3n) is 3.70. The first kappa shape index (κ1) is 11.1. The minimum absolute atomic E-state index is 0.0270. The van der Waals surface area contributed by atoms with Gasteiger partial charge in [-0.05, 0) is 38.5 Å². The third-order valence-corrected chi connectivity index (χ3v) is 3.79. The summed E-state index contributed by atoms with van der Waals surface area (Å²) < 4.78 is 10.1. The summed E-state index contributed by atoms with van der Waals surface area (Å²) in [4.78, 5) is 11.3. The number of fused-ring (bicyclic) bond motifs is 2. The fraction of sp³-hybridized carbons (Fsp3) is 0.909. The van der Waals surface area contributed by atoms with Crippen molar-refractivity contribution in [3.05, 3.63) is 0 Å². The van der Waals surface area contributed by atoms with Crippen LogP contribution in [0.4, 0.5) is 4.79 Å². The van der Waals surface area contributed by atoms with E-state index in [1.165, 1.54) is 12.8 Å². The topological polar surface area (TPSA) is 35.5 Å². The van der Waals surface area contributed by atoms with Gasteiger partial charge in [-0.3, -0.25) is 0 Å². The van der Waals surface area contributed by atoms with E-state index in [4.69, 9.17) is 21.1 Å². The van der Waals surface area contributed by atoms with Gasteiger partial charge in [0.1, 0.15) is 6.10 Å². The molecular weight excluding hydrogens is 216 g/mol. The van der Waals surface area contributed by atoms with E-state index < -0.39 is 11.7 Å². The van der Waals surface area contributed by atoms with Crippen molar-refractivity contribution in [2.24, 2.45) is 11.3 Å². The van der Waals surface area contributed by atoms with Gasteiger partial charge in [-0.1, -0.05) is 18.5 Å². The first-order chi connectivity index (χ1) is 6.99. The largest absolute Gasteiger partial charge is 0.510 e. The molecule has 2 aliphatic carbocycles. The van der Waals surface area contributed by atoms with Crippen molar-refractivity contribution >= 4 is 17.8 Å². The van der Waals surface area contributed by atoms with Gasteiger partial charge in [0.05, 0.1) is 0 Å². The van der Waals surface area contributed by atoms with Crippen LogP contribution >= 0.6 is 11.6 Å². The summed E-state index contributed by atoms with van der Waals surface area (Å²) in [5.41, 5.74) is -0.442. The molecule has 0 aromatic heterocycles. The number of halogens is 1. The molecule has 2 bridgehead atoms. The van der Waals surface area contributed by atoms with Crippen LogP contribution in [0.15, 0.2) is 0 Å². The second kappa shape index (κ2) is 3.85. The molecule has 2 fully saturated rings. The maximum atomic E-state index is 11.3. The molecule has 0 radical (unpaired) electrons. The molecule has 0 aromatic rings.